The highest BCUT2D eigenvalue weighted by Crippen LogP contribution is 2.34. The summed E-state index contributed by atoms with van der Waals surface area (Å²) in [6.07, 6.45) is 3.71. The first-order chi connectivity index (χ1) is 12.2. The molecule has 0 radical (unpaired) electrons. The van der Waals surface area contributed by atoms with Crippen molar-refractivity contribution in [2.24, 2.45) is 0 Å². The molecule has 25 heavy (non-hydrogen) atoms. The van der Waals surface area contributed by atoms with Crippen molar-refractivity contribution in [3.05, 3.63) is 36.2 Å². The average molecular weight is 344 g/mol. The van der Waals surface area contributed by atoms with Crippen LogP contribution < -0.4 is 14.8 Å². The molecular weight excluding hydrogens is 320 g/mol. The van der Waals surface area contributed by atoms with Gasteiger partial charge in [-0.15, -0.1) is 0 Å². The Hall–Kier alpha value is -2.70. The summed E-state index contributed by atoms with van der Waals surface area (Å²) in [5, 5.41) is 7.29. The molecule has 1 N–H and O–H groups in total. The van der Waals surface area contributed by atoms with Crippen molar-refractivity contribution in [3.63, 3.8) is 0 Å². The van der Waals surface area contributed by atoms with Crippen LogP contribution in [0.2, 0.25) is 0 Å². The Labute approximate surface area is 147 Å². The van der Waals surface area contributed by atoms with Crippen LogP contribution in [0.1, 0.15) is 31.5 Å². The monoisotopic (exact) mass is 344 g/mol. The van der Waals surface area contributed by atoms with Gasteiger partial charge < -0.3 is 19.7 Å². The van der Waals surface area contributed by atoms with E-state index in [1.165, 1.54) is 0 Å². The van der Waals surface area contributed by atoms with Crippen molar-refractivity contribution in [2.75, 3.05) is 26.1 Å². The summed E-state index contributed by atoms with van der Waals surface area (Å²) in [4.78, 5) is 14.7. The smallest absolute Gasteiger partial charge is 0.322 e. The van der Waals surface area contributed by atoms with E-state index >= 15 is 0 Å². The molecule has 1 aliphatic heterocycles. The molecule has 2 heterocycles. The number of anilines is 1. The Balaban J connectivity index is 1.79. The number of benzene rings is 1. The van der Waals surface area contributed by atoms with Crippen LogP contribution in [-0.2, 0) is 6.54 Å². The van der Waals surface area contributed by atoms with Gasteiger partial charge >= 0.3 is 6.03 Å². The van der Waals surface area contributed by atoms with Gasteiger partial charge in [0.1, 0.15) is 11.5 Å². The topological polar surface area (TPSA) is 68.6 Å². The number of ether oxygens (including phenoxy) is 2. The third kappa shape index (κ3) is 3.40. The maximum Gasteiger partial charge on any atom is 0.322 e. The van der Waals surface area contributed by atoms with E-state index in [9.17, 15) is 4.79 Å². The van der Waals surface area contributed by atoms with Crippen LogP contribution >= 0.6 is 0 Å². The van der Waals surface area contributed by atoms with E-state index in [2.05, 4.69) is 17.3 Å². The summed E-state index contributed by atoms with van der Waals surface area (Å²) in [6.45, 7) is 3.57. The molecule has 0 spiro atoms. The second-order valence-corrected chi connectivity index (χ2v) is 5.92. The van der Waals surface area contributed by atoms with Crippen LogP contribution in [-0.4, -0.2) is 41.5 Å². The zero-order valence-electron chi connectivity index (χ0n) is 14.9. The van der Waals surface area contributed by atoms with E-state index in [4.69, 9.17) is 9.47 Å². The molecule has 7 heteroatoms. The second-order valence-electron chi connectivity index (χ2n) is 5.92. The lowest BCUT2D eigenvalue weighted by Crippen LogP contribution is -2.35. The Morgan fingerprint density at radius 3 is 2.88 bits per heavy atom. The number of rotatable bonds is 5. The van der Waals surface area contributed by atoms with Crippen LogP contribution in [0.5, 0.6) is 11.5 Å². The molecule has 1 aliphatic rings. The van der Waals surface area contributed by atoms with Crippen LogP contribution in [0.25, 0.3) is 0 Å². The van der Waals surface area contributed by atoms with E-state index in [0.29, 0.717) is 17.2 Å². The van der Waals surface area contributed by atoms with Crippen LogP contribution in [0.4, 0.5) is 10.5 Å². The summed E-state index contributed by atoms with van der Waals surface area (Å²) in [5.41, 5.74) is 1.71. The molecule has 2 aromatic rings. The van der Waals surface area contributed by atoms with Gasteiger partial charge in [-0.1, -0.05) is 0 Å². The Kier molecular flexibility index (Phi) is 5.11. The fraction of sp³-hybridized carbons (Fsp3) is 0.444. The molecule has 1 unspecified atom stereocenters. The van der Waals surface area contributed by atoms with Crippen molar-refractivity contribution in [2.45, 2.75) is 32.4 Å². The van der Waals surface area contributed by atoms with Gasteiger partial charge in [-0.25, -0.2) is 4.79 Å². The first-order valence-corrected chi connectivity index (χ1v) is 8.49. The Morgan fingerprint density at radius 1 is 1.32 bits per heavy atom. The number of amides is 2. The summed E-state index contributed by atoms with van der Waals surface area (Å²) in [7, 11) is 3.17. The highest BCUT2D eigenvalue weighted by molar-refractivity contribution is 5.91. The predicted octanol–water partition coefficient (Wildman–Crippen LogP) is 3.29. The van der Waals surface area contributed by atoms with Gasteiger partial charge in [0.15, 0.2) is 0 Å². The summed E-state index contributed by atoms with van der Waals surface area (Å²) >= 11 is 0. The maximum atomic E-state index is 12.8. The quantitative estimate of drug-likeness (QED) is 0.904. The fourth-order valence-electron chi connectivity index (χ4n) is 3.30. The molecule has 1 fully saturated rings. The normalized spacial score (nSPS) is 16.8. The Morgan fingerprint density at radius 2 is 2.16 bits per heavy atom. The van der Waals surface area contributed by atoms with E-state index in [1.54, 1.807) is 38.6 Å². The molecule has 0 aliphatic carbocycles. The van der Waals surface area contributed by atoms with Crippen molar-refractivity contribution in [3.8, 4) is 11.5 Å². The van der Waals surface area contributed by atoms with Crippen LogP contribution in [0.3, 0.4) is 0 Å². The van der Waals surface area contributed by atoms with Gasteiger partial charge in [0.25, 0.3) is 0 Å². The van der Waals surface area contributed by atoms with Gasteiger partial charge in [0.05, 0.1) is 31.6 Å². The molecule has 3 rings (SSSR count). The second kappa shape index (κ2) is 7.46. The molecule has 0 bridgehead atoms. The number of urea groups is 1. The Bertz CT molecular complexity index is 744. The number of carbonyl (C=O) groups excluding carboxylic acids is 1. The molecule has 2 amide bonds. The van der Waals surface area contributed by atoms with E-state index in [-0.39, 0.29) is 12.1 Å². The number of carbonyl (C=O) groups is 1. The molecular formula is C18H24N4O3. The third-order valence-corrected chi connectivity index (χ3v) is 4.55. The van der Waals surface area contributed by atoms with Gasteiger partial charge in [-0.2, -0.15) is 5.10 Å². The summed E-state index contributed by atoms with van der Waals surface area (Å²) < 4.78 is 12.5. The number of nitrogens with zero attached hydrogens (tertiary/aromatic N) is 3. The zero-order valence-corrected chi connectivity index (χ0v) is 14.9. The lowest BCUT2D eigenvalue weighted by molar-refractivity contribution is 0.204. The lowest BCUT2D eigenvalue weighted by Gasteiger charge is -2.26. The molecule has 1 aromatic carbocycles. The van der Waals surface area contributed by atoms with Gasteiger partial charge in [0, 0.05) is 25.4 Å². The highest BCUT2D eigenvalue weighted by Gasteiger charge is 2.32. The van der Waals surface area contributed by atoms with Crippen LogP contribution in [0, 0.1) is 0 Å². The molecule has 1 atom stereocenters. The molecule has 0 saturated carbocycles. The molecule has 1 saturated heterocycles. The fourth-order valence-corrected chi connectivity index (χ4v) is 3.30. The van der Waals surface area contributed by atoms with Gasteiger partial charge in [-0.3, -0.25) is 4.68 Å². The number of hydrogen-bond donors (Lipinski definition) is 1. The predicted molar refractivity (Wildman–Crippen MR) is 95.1 cm³/mol. The van der Waals surface area contributed by atoms with Gasteiger partial charge in [-0.05, 0) is 38.0 Å². The highest BCUT2D eigenvalue weighted by atomic mass is 16.5. The molecule has 134 valence electrons. The average Bonchev–Trinajstić information content (AvgIpc) is 3.30. The summed E-state index contributed by atoms with van der Waals surface area (Å²) in [5.74, 6) is 1.25. The minimum atomic E-state index is -0.130. The minimum absolute atomic E-state index is 0.0479. The first kappa shape index (κ1) is 17.1. The van der Waals surface area contributed by atoms with E-state index in [0.717, 1.165) is 31.6 Å². The first-order valence-electron chi connectivity index (χ1n) is 8.49. The van der Waals surface area contributed by atoms with Crippen molar-refractivity contribution >= 4 is 11.7 Å². The van der Waals surface area contributed by atoms with E-state index in [1.807, 2.05) is 15.6 Å². The number of hydrogen-bond acceptors (Lipinski definition) is 4. The van der Waals surface area contributed by atoms with Crippen molar-refractivity contribution in [1.82, 2.24) is 14.7 Å². The molecule has 1 aromatic heterocycles. The number of methoxy groups -OCH3 is 2. The third-order valence-electron chi connectivity index (χ3n) is 4.55. The van der Waals surface area contributed by atoms with Crippen molar-refractivity contribution in [1.29, 1.82) is 0 Å². The zero-order chi connectivity index (χ0) is 17.8. The number of aryl methyl sites for hydroxylation is 1. The number of likely N-dealkylation sites (tertiary alicyclic amines) is 1. The van der Waals surface area contributed by atoms with Crippen LogP contribution in [0.15, 0.2) is 30.5 Å². The number of nitrogens with one attached hydrogen (secondary N) is 1. The molecule has 7 nitrogen and oxygen atoms in total. The SMILES string of the molecule is CCn1nccc1C1CCCN1C(=O)Nc1ccc(OC)cc1OC. The largest absolute Gasteiger partial charge is 0.497 e. The van der Waals surface area contributed by atoms with Gasteiger partial charge in [0.2, 0.25) is 0 Å². The number of aromatic nitrogens is 2. The minimum Gasteiger partial charge on any atom is -0.497 e. The maximum absolute atomic E-state index is 12.8. The summed E-state index contributed by atoms with van der Waals surface area (Å²) in [6, 6.07) is 7.25. The lowest BCUT2D eigenvalue weighted by atomic mass is 10.1. The van der Waals surface area contributed by atoms with Crippen molar-refractivity contribution < 1.29 is 14.3 Å². The standard InChI is InChI=1S/C18H24N4O3/c1-4-22-16(9-10-19-22)15-6-5-11-21(15)18(23)20-14-8-7-13(24-2)12-17(14)25-3/h7-10,12,15H,4-6,11H2,1-3H3,(H,20,23). The van der Waals surface area contributed by atoms with E-state index < -0.39 is 0 Å².